The average Bonchev–Trinajstić information content (AvgIpc) is 2.79. The van der Waals surface area contributed by atoms with Crippen LogP contribution in [0.25, 0.3) is 10.9 Å². The number of nitrogens with two attached hydrogens (primary N) is 1. The summed E-state index contributed by atoms with van der Waals surface area (Å²) in [5, 5.41) is 0.892. The molecule has 0 bridgehead atoms. The first-order chi connectivity index (χ1) is 9.54. The molecule has 100 valence electrons. The number of nitrogens with one attached hydrogen (secondary N) is 1. The number of nitrogen functional groups attached to an aromatic ring is 1. The quantitative estimate of drug-likeness (QED) is 0.497. The van der Waals surface area contributed by atoms with Gasteiger partial charge in [0.1, 0.15) is 0 Å². The van der Waals surface area contributed by atoms with Gasteiger partial charge in [-0.05, 0) is 36.4 Å². The summed E-state index contributed by atoms with van der Waals surface area (Å²) < 4.78 is 1.73. The molecule has 0 spiro atoms. The number of fused-ring (bicyclic) bond motifs is 1. The van der Waals surface area contributed by atoms with Gasteiger partial charge in [-0.1, -0.05) is 31.9 Å². The summed E-state index contributed by atoms with van der Waals surface area (Å²) in [6, 6.07) is 11.0. The van der Waals surface area contributed by atoms with Gasteiger partial charge in [-0.2, -0.15) is 0 Å². The molecule has 20 heavy (non-hydrogen) atoms. The van der Waals surface area contributed by atoms with Gasteiger partial charge in [-0.3, -0.25) is 4.79 Å². The highest BCUT2D eigenvalue weighted by Gasteiger charge is 2.15. The van der Waals surface area contributed by atoms with Crippen molar-refractivity contribution in [2.45, 2.75) is 0 Å². The number of anilines is 1. The van der Waals surface area contributed by atoms with Crippen LogP contribution in [0, 0.1) is 0 Å². The van der Waals surface area contributed by atoms with Crippen molar-refractivity contribution >= 4 is 54.2 Å². The Morgan fingerprint density at radius 3 is 2.60 bits per heavy atom. The molecule has 1 aromatic heterocycles. The molecule has 3 N–H and O–H groups in total. The van der Waals surface area contributed by atoms with Gasteiger partial charge in [0.25, 0.3) is 0 Å². The zero-order valence-electron chi connectivity index (χ0n) is 10.3. The molecule has 0 saturated carbocycles. The minimum absolute atomic E-state index is 0.0534. The number of ketones is 1. The van der Waals surface area contributed by atoms with Crippen LogP contribution in [-0.2, 0) is 0 Å². The summed E-state index contributed by atoms with van der Waals surface area (Å²) in [4.78, 5) is 15.7. The van der Waals surface area contributed by atoms with Crippen molar-refractivity contribution in [1.82, 2.24) is 4.98 Å². The number of halogens is 2. The highest BCUT2D eigenvalue weighted by Crippen LogP contribution is 2.26. The maximum atomic E-state index is 12.6. The molecule has 5 heteroatoms. The lowest BCUT2D eigenvalue weighted by atomic mass is 10.0. The first-order valence-corrected chi connectivity index (χ1v) is 7.50. The highest BCUT2D eigenvalue weighted by atomic mass is 79.9. The number of carbonyl (C=O) groups is 1. The van der Waals surface area contributed by atoms with Crippen LogP contribution in [0.3, 0.4) is 0 Å². The summed E-state index contributed by atoms with van der Waals surface area (Å²) >= 11 is 6.79. The summed E-state index contributed by atoms with van der Waals surface area (Å²) in [5.41, 5.74) is 8.48. The largest absolute Gasteiger partial charge is 0.399 e. The van der Waals surface area contributed by atoms with Crippen LogP contribution in [0.5, 0.6) is 0 Å². The minimum atomic E-state index is -0.0534. The Balaban J connectivity index is 2.15. The number of rotatable bonds is 2. The van der Waals surface area contributed by atoms with Crippen molar-refractivity contribution in [2.24, 2.45) is 0 Å². The van der Waals surface area contributed by atoms with Gasteiger partial charge < -0.3 is 10.7 Å². The summed E-state index contributed by atoms with van der Waals surface area (Å²) in [6.07, 6.45) is 1.73. The number of hydrogen-bond acceptors (Lipinski definition) is 2. The zero-order chi connectivity index (χ0) is 14.3. The Bertz CT molecular complexity index is 804. The maximum Gasteiger partial charge on any atom is 0.195 e. The summed E-state index contributed by atoms with van der Waals surface area (Å²) in [7, 11) is 0. The van der Waals surface area contributed by atoms with E-state index in [0.717, 1.165) is 19.8 Å². The molecule has 1 heterocycles. The number of H-pyrrole nitrogens is 1. The lowest BCUT2D eigenvalue weighted by Crippen LogP contribution is -2.01. The lowest BCUT2D eigenvalue weighted by molar-refractivity contribution is 0.104. The van der Waals surface area contributed by atoms with Crippen LogP contribution in [0.15, 0.2) is 51.5 Å². The highest BCUT2D eigenvalue weighted by molar-refractivity contribution is 9.10. The third-order valence-electron chi connectivity index (χ3n) is 3.07. The van der Waals surface area contributed by atoms with E-state index >= 15 is 0 Å². The standard InChI is InChI=1S/C15H10Br2N2O/c16-9-1-2-14-12(6-9)13(7-19-14)15(20)8-3-10(17)5-11(18)4-8/h1-7,19H,18H2. The van der Waals surface area contributed by atoms with E-state index in [0.29, 0.717) is 16.8 Å². The molecule has 0 fully saturated rings. The van der Waals surface area contributed by atoms with Crippen LogP contribution < -0.4 is 5.73 Å². The Kier molecular flexibility index (Phi) is 3.40. The topological polar surface area (TPSA) is 58.9 Å². The van der Waals surface area contributed by atoms with Crippen molar-refractivity contribution in [1.29, 1.82) is 0 Å². The molecule has 0 amide bonds. The van der Waals surface area contributed by atoms with E-state index in [1.165, 1.54) is 0 Å². The van der Waals surface area contributed by atoms with Crippen molar-refractivity contribution < 1.29 is 4.79 Å². The Hall–Kier alpha value is -1.59. The van der Waals surface area contributed by atoms with Crippen molar-refractivity contribution in [3.05, 3.63) is 62.7 Å². The summed E-state index contributed by atoms with van der Waals surface area (Å²) in [6.45, 7) is 0. The van der Waals surface area contributed by atoms with E-state index in [-0.39, 0.29) is 5.78 Å². The molecule has 3 nitrogen and oxygen atoms in total. The SMILES string of the molecule is Nc1cc(Br)cc(C(=O)c2c[nH]c3ccc(Br)cc23)c1. The molecule has 0 aliphatic heterocycles. The van der Waals surface area contributed by atoms with E-state index < -0.39 is 0 Å². The molecule has 0 radical (unpaired) electrons. The van der Waals surface area contributed by atoms with Crippen molar-refractivity contribution in [3.63, 3.8) is 0 Å². The molecule has 0 saturated heterocycles. The normalized spacial score (nSPS) is 10.9. The van der Waals surface area contributed by atoms with Crippen LogP contribution >= 0.6 is 31.9 Å². The van der Waals surface area contributed by atoms with Gasteiger partial charge in [0.05, 0.1) is 0 Å². The molecule has 0 aliphatic rings. The smallest absolute Gasteiger partial charge is 0.195 e. The second-order valence-electron chi connectivity index (χ2n) is 4.49. The molecule has 3 rings (SSSR count). The first kappa shape index (κ1) is 13.4. The monoisotopic (exact) mass is 392 g/mol. The van der Waals surface area contributed by atoms with Crippen LogP contribution in [-0.4, -0.2) is 10.8 Å². The van der Waals surface area contributed by atoms with Gasteiger partial charge in [0.15, 0.2) is 5.78 Å². The number of benzene rings is 2. The number of aromatic amines is 1. The third kappa shape index (κ3) is 2.39. The molecule has 0 atom stereocenters. The summed E-state index contributed by atoms with van der Waals surface area (Å²) in [5.74, 6) is -0.0534. The van der Waals surface area contributed by atoms with E-state index in [9.17, 15) is 4.79 Å². The number of hydrogen-bond donors (Lipinski definition) is 2. The number of carbonyl (C=O) groups excluding carboxylic acids is 1. The fourth-order valence-electron chi connectivity index (χ4n) is 2.18. The Morgan fingerprint density at radius 1 is 1.05 bits per heavy atom. The van der Waals surface area contributed by atoms with E-state index in [1.54, 1.807) is 24.4 Å². The second-order valence-corrected chi connectivity index (χ2v) is 6.33. The van der Waals surface area contributed by atoms with Crippen LogP contribution in [0.1, 0.15) is 15.9 Å². The molecule has 3 aromatic rings. The van der Waals surface area contributed by atoms with E-state index in [1.807, 2.05) is 18.2 Å². The predicted molar refractivity (Wildman–Crippen MR) is 88.0 cm³/mol. The maximum absolute atomic E-state index is 12.6. The molecule has 0 aliphatic carbocycles. The molecule has 0 unspecified atom stereocenters. The lowest BCUT2D eigenvalue weighted by Gasteiger charge is -2.03. The van der Waals surface area contributed by atoms with Gasteiger partial charge in [-0.25, -0.2) is 0 Å². The van der Waals surface area contributed by atoms with E-state index in [2.05, 4.69) is 36.8 Å². The number of aromatic nitrogens is 1. The fourth-order valence-corrected chi connectivity index (χ4v) is 3.05. The van der Waals surface area contributed by atoms with Gasteiger partial charge in [-0.15, -0.1) is 0 Å². The third-order valence-corrected chi connectivity index (χ3v) is 4.02. The van der Waals surface area contributed by atoms with Gasteiger partial charge in [0.2, 0.25) is 0 Å². The van der Waals surface area contributed by atoms with Gasteiger partial charge >= 0.3 is 0 Å². The van der Waals surface area contributed by atoms with Crippen molar-refractivity contribution in [2.75, 3.05) is 5.73 Å². The zero-order valence-corrected chi connectivity index (χ0v) is 13.5. The molecule has 2 aromatic carbocycles. The van der Waals surface area contributed by atoms with E-state index in [4.69, 9.17) is 5.73 Å². The fraction of sp³-hybridized carbons (Fsp3) is 0. The second kappa shape index (κ2) is 5.07. The Labute approximate surface area is 132 Å². The minimum Gasteiger partial charge on any atom is -0.399 e. The molecular weight excluding hydrogens is 384 g/mol. The Morgan fingerprint density at radius 2 is 1.85 bits per heavy atom. The first-order valence-electron chi connectivity index (χ1n) is 5.92. The van der Waals surface area contributed by atoms with Gasteiger partial charge in [0, 0.05) is 42.9 Å². The van der Waals surface area contributed by atoms with Crippen LogP contribution in [0.4, 0.5) is 5.69 Å². The van der Waals surface area contributed by atoms with Crippen LogP contribution in [0.2, 0.25) is 0 Å². The average molecular weight is 394 g/mol. The van der Waals surface area contributed by atoms with Crippen molar-refractivity contribution in [3.8, 4) is 0 Å². The molecular formula is C15H10Br2N2O. The predicted octanol–water partition coefficient (Wildman–Crippen LogP) is 4.51.